The Morgan fingerprint density at radius 2 is 2.38 bits per heavy atom. The van der Waals surface area contributed by atoms with Gasteiger partial charge in [0, 0.05) is 18.0 Å². The fourth-order valence-electron chi connectivity index (χ4n) is 4.52. The van der Waals surface area contributed by atoms with Gasteiger partial charge in [0.25, 0.3) is 0 Å². The lowest BCUT2D eigenvalue weighted by Crippen LogP contribution is -2.48. The maximum absolute atomic E-state index is 12.7. The zero-order valence-corrected chi connectivity index (χ0v) is 15.3. The number of carbonyl (C=O) groups is 1. The van der Waals surface area contributed by atoms with E-state index in [2.05, 4.69) is 16.3 Å². The Bertz CT molecular complexity index is 936. The average Bonchev–Trinajstić information content (AvgIpc) is 3.35. The number of nitrogens with one attached hydrogen (secondary N) is 1. The highest BCUT2D eigenvalue weighted by Crippen LogP contribution is 2.41. The van der Waals surface area contributed by atoms with Crippen molar-refractivity contribution in [3.63, 3.8) is 0 Å². The number of anilines is 1. The summed E-state index contributed by atoms with van der Waals surface area (Å²) < 4.78 is 6.73. The molecule has 2 amide bonds. The molecule has 2 aromatic rings. The second kappa shape index (κ2) is 5.83. The molecule has 7 nitrogen and oxygen atoms in total. The van der Waals surface area contributed by atoms with E-state index < -0.39 is 0 Å². The van der Waals surface area contributed by atoms with Crippen LogP contribution in [0.15, 0.2) is 12.1 Å². The number of carbonyl (C=O) groups excluding carboxylic acids is 1. The van der Waals surface area contributed by atoms with Crippen molar-refractivity contribution in [1.29, 1.82) is 5.26 Å². The lowest BCUT2D eigenvalue weighted by atomic mass is 10.1. The van der Waals surface area contributed by atoms with Crippen LogP contribution in [0.2, 0.25) is 0 Å². The van der Waals surface area contributed by atoms with Crippen LogP contribution in [-0.4, -0.2) is 54.2 Å². The highest BCUT2D eigenvalue weighted by Gasteiger charge is 2.50. The highest BCUT2D eigenvalue weighted by atomic mass is 32.1. The number of urea groups is 1. The van der Waals surface area contributed by atoms with Crippen molar-refractivity contribution >= 4 is 32.7 Å². The predicted octanol–water partition coefficient (Wildman–Crippen LogP) is 2.12. The standard InChI is InChI=1S/C18H19N5O2S/c1-22(8-7-19)12-3-2-11-16(12)23(17(24)20-11)18-21-15-10-6-9-25-13(10)4-5-14(15)26-18/h4-5,11-12,16H,2-3,6,8-9H2,1H3,(H,20,24)/t11?,12-,16?/m1/s1. The molecule has 5 rings (SSSR count). The Hall–Kier alpha value is -2.37. The molecule has 26 heavy (non-hydrogen) atoms. The molecule has 1 aromatic carbocycles. The fraction of sp³-hybridized carbons (Fsp3) is 0.500. The van der Waals surface area contributed by atoms with E-state index in [1.165, 1.54) is 0 Å². The molecule has 1 N–H and O–H groups in total. The largest absolute Gasteiger partial charge is 0.493 e. The topological polar surface area (TPSA) is 81.5 Å². The smallest absolute Gasteiger partial charge is 0.324 e. The molecule has 8 heteroatoms. The molecule has 3 heterocycles. The number of aromatic nitrogens is 1. The Morgan fingerprint density at radius 3 is 3.23 bits per heavy atom. The summed E-state index contributed by atoms with van der Waals surface area (Å²) in [7, 11) is 1.96. The molecule has 1 aliphatic carbocycles. The number of nitriles is 1. The molecule has 0 radical (unpaired) electrons. The third kappa shape index (κ3) is 2.20. The van der Waals surface area contributed by atoms with E-state index in [1.807, 2.05) is 24.1 Å². The number of benzene rings is 1. The minimum absolute atomic E-state index is 0.0192. The first-order valence-corrected chi connectivity index (χ1v) is 9.71. The number of hydrogen-bond acceptors (Lipinski definition) is 6. The SMILES string of the molecule is CN(CC#N)[C@@H]1CCC2NC(=O)N(c3nc4c5c(ccc4s3)OCC5)C21. The quantitative estimate of drug-likeness (QED) is 0.838. The molecular formula is C18H19N5O2S. The van der Waals surface area contributed by atoms with Crippen LogP contribution in [0.25, 0.3) is 10.2 Å². The molecule has 134 valence electrons. The molecule has 2 unspecified atom stereocenters. The zero-order valence-electron chi connectivity index (χ0n) is 14.4. The van der Waals surface area contributed by atoms with Gasteiger partial charge in [-0.25, -0.2) is 9.78 Å². The first-order valence-electron chi connectivity index (χ1n) is 8.89. The number of likely N-dealkylation sites (N-methyl/N-ethyl adjacent to an activating group) is 1. The lowest BCUT2D eigenvalue weighted by molar-refractivity contribution is 0.240. The van der Waals surface area contributed by atoms with Gasteiger partial charge in [-0.15, -0.1) is 0 Å². The summed E-state index contributed by atoms with van der Waals surface area (Å²) in [6.07, 6.45) is 2.77. The van der Waals surface area contributed by atoms with Gasteiger partial charge in [0.1, 0.15) is 5.75 Å². The average molecular weight is 369 g/mol. The van der Waals surface area contributed by atoms with Crippen molar-refractivity contribution in [3.8, 4) is 11.8 Å². The lowest BCUT2D eigenvalue weighted by Gasteiger charge is -2.31. The minimum Gasteiger partial charge on any atom is -0.493 e. The number of nitrogens with zero attached hydrogens (tertiary/aromatic N) is 4. The van der Waals surface area contributed by atoms with E-state index in [4.69, 9.17) is 15.0 Å². The van der Waals surface area contributed by atoms with Crippen LogP contribution in [0, 0.1) is 11.3 Å². The van der Waals surface area contributed by atoms with E-state index in [-0.39, 0.29) is 24.2 Å². The Balaban J connectivity index is 1.55. The maximum Gasteiger partial charge on any atom is 0.324 e. The molecule has 0 bridgehead atoms. The van der Waals surface area contributed by atoms with Gasteiger partial charge in [0.2, 0.25) is 0 Å². The van der Waals surface area contributed by atoms with Crippen molar-refractivity contribution in [3.05, 3.63) is 17.7 Å². The highest BCUT2D eigenvalue weighted by molar-refractivity contribution is 7.22. The van der Waals surface area contributed by atoms with E-state index in [1.54, 1.807) is 11.3 Å². The van der Waals surface area contributed by atoms with Crippen LogP contribution in [-0.2, 0) is 6.42 Å². The van der Waals surface area contributed by atoms with Gasteiger partial charge in [-0.2, -0.15) is 5.26 Å². The summed E-state index contributed by atoms with van der Waals surface area (Å²) in [6, 6.07) is 6.47. The van der Waals surface area contributed by atoms with Crippen LogP contribution < -0.4 is 15.0 Å². The van der Waals surface area contributed by atoms with Crippen LogP contribution in [0.3, 0.4) is 0 Å². The van der Waals surface area contributed by atoms with E-state index in [0.717, 1.165) is 45.9 Å². The molecular weight excluding hydrogens is 350 g/mol. The summed E-state index contributed by atoms with van der Waals surface area (Å²) in [5, 5.41) is 12.9. The Morgan fingerprint density at radius 1 is 1.50 bits per heavy atom. The molecule has 2 aliphatic heterocycles. The van der Waals surface area contributed by atoms with Gasteiger partial charge < -0.3 is 10.1 Å². The van der Waals surface area contributed by atoms with Crippen LogP contribution in [0.1, 0.15) is 18.4 Å². The van der Waals surface area contributed by atoms with E-state index >= 15 is 0 Å². The summed E-state index contributed by atoms with van der Waals surface area (Å²) >= 11 is 1.56. The Kier molecular flexibility index (Phi) is 3.55. The molecule has 1 saturated heterocycles. The van der Waals surface area contributed by atoms with Gasteiger partial charge in [0.15, 0.2) is 5.13 Å². The van der Waals surface area contributed by atoms with Crippen molar-refractivity contribution in [2.45, 2.75) is 37.4 Å². The summed E-state index contributed by atoms with van der Waals surface area (Å²) in [6.45, 7) is 1.05. The van der Waals surface area contributed by atoms with Crippen molar-refractivity contribution in [1.82, 2.24) is 15.2 Å². The number of rotatable bonds is 3. The molecule has 0 spiro atoms. The number of fused-ring (bicyclic) bond motifs is 4. The second-order valence-electron chi connectivity index (χ2n) is 7.12. The van der Waals surface area contributed by atoms with E-state index in [9.17, 15) is 4.79 Å². The molecule has 3 aliphatic rings. The Labute approximate surface area is 155 Å². The van der Waals surface area contributed by atoms with Gasteiger partial charge in [0.05, 0.1) is 41.5 Å². The van der Waals surface area contributed by atoms with Crippen LogP contribution >= 0.6 is 11.3 Å². The maximum atomic E-state index is 12.7. The third-order valence-electron chi connectivity index (χ3n) is 5.72. The zero-order chi connectivity index (χ0) is 17.8. The number of hydrogen-bond donors (Lipinski definition) is 1. The fourth-order valence-corrected chi connectivity index (χ4v) is 5.56. The predicted molar refractivity (Wildman–Crippen MR) is 98.7 cm³/mol. The molecule has 3 atom stereocenters. The third-order valence-corrected chi connectivity index (χ3v) is 6.74. The van der Waals surface area contributed by atoms with Crippen molar-refractivity contribution < 1.29 is 9.53 Å². The molecule has 1 saturated carbocycles. The van der Waals surface area contributed by atoms with Crippen LogP contribution in [0.4, 0.5) is 9.93 Å². The normalized spacial score (nSPS) is 26.7. The monoisotopic (exact) mass is 369 g/mol. The van der Waals surface area contributed by atoms with Gasteiger partial charge in [-0.05, 0) is 32.0 Å². The molecule has 2 fully saturated rings. The van der Waals surface area contributed by atoms with Gasteiger partial charge >= 0.3 is 6.03 Å². The first kappa shape index (κ1) is 15.9. The summed E-state index contributed by atoms with van der Waals surface area (Å²) in [5.74, 6) is 0.908. The minimum atomic E-state index is -0.0815. The van der Waals surface area contributed by atoms with Crippen molar-refractivity contribution in [2.24, 2.45) is 0 Å². The summed E-state index contributed by atoms with van der Waals surface area (Å²) in [5.41, 5.74) is 2.10. The second-order valence-corrected chi connectivity index (χ2v) is 8.13. The van der Waals surface area contributed by atoms with Gasteiger partial charge in [-0.3, -0.25) is 9.80 Å². The van der Waals surface area contributed by atoms with Crippen molar-refractivity contribution in [2.75, 3.05) is 25.1 Å². The van der Waals surface area contributed by atoms with Gasteiger partial charge in [-0.1, -0.05) is 11.3 Å². The number of amides is 2. The van der Waals surface area contributed by atoms with Crippen LogP contribution in [0.5, 0.6) is 5.75 Å². The number of ether oxygens (including phenoxy) is 1. The number of thiazole rings is 1. The summed E-state index contributed by atoms with van der Waals surface area (Å²) in [4.78, 5) is 21.4. The first-order chi connectivity index (χ1) is 12.7. The molecule has 1 aromatic heterocycles. The van der Waals surface area contributed by atoms with E-state index in [0.29, 0.717) is 13.2 Å².